The van der Waals surface area contributed by atoms with Crippen molar-refractivity contribution in [3.63, 3.8) is 0 Å². The number of carbonyl (C=O) groups excluding carboxylic acids is 1. The maximum absolute atomic E-state index is 12.1. The van der Waals surface area contributed by atoms with Gasteiger partial charge >= 0.3 is 5.97 Å². The third-order valence-corrected chi connectivity index (χ3v) is 2.73. The van der Waals surface area contributed by atoms with E-state index >= 15 is 0 Å². The summed E-state index contributed by atoms with van der Waals surface area (Å²) in [6, 6.07) is 0.123. The Morgan fingerprint density at radius 2 is 1.74 bits per heavy atom. The lowest BCUT2D eigenvalue weighted by Crippen LogP contribution is -2.43. The fourth-order valence-electron chi connectivity index (χ4n) is 1.62. The third-order valence-electron chi connectivity index (χ3n) is 2.73. The molecule has 1 N–H and O–H groups in total. The number of carbonyl (C=O) groups is 2. The van der Waals surface area contributed by atoms with Crippen molar-refractivity contribution in [3.05, 3.63) is 25.3 Å². The van der Waals surface area contributed by atoms with Gasteiger partial charge in [-0.15, -0.1) is 13.2 Å². The summed E-state index contributed by atoms with van der Waals surface area (Å²) in [6.07, 6.45) is 3.37. The Bertz CT molecular complexity index is 317. The van der Waals surface area contributed by atoms with Crippen LogP contribution in [0.3, 0.4) is 0 Å². The molecule has 5 heteroatoms. The predicted molar refractivity (Wildman–Crippen MR) is 75.9 cm³/mol. The molecule has 0 bridgehead atoms. The van der Waals surface area contributed by atoms with Crippen LogP contribution in [0.15, 0.2) is 25.3 Å². The van der Waals surface area contributed by atoms with E-state index in [4.69, 9.17) is 5.11 Å². The van der Waals surface area contributed by atoms with E-state index in [2.05, 4.69) is 13.2 Å². The van der Waals surface area contributed by atoms with Crippen molar-refractivity contribution in [3.8, 4) is 0 Å². The highest BCUT2D eigenvalue weighted by Crippen LogP contribution is 2.02. The quantitative estimate of drug-likeness (QED) is 0.608. The fraction of sp³-hybridized carbons (Fsp3) is 0.571. The highest BCUT2D eigenvalue weighted by atomic mass is 16.4. The van der Waals surface area contributed by atoms with Crippen molar-refractivity contribution < 1.29 is 14.7 Å². The Morgan fingerprint density at radius 3 is 2.11 bits per heavy atom. The molecule has 0 saturated carbocycles. The van der Waals surface area contributed by atoms with Crippen LogP contribution in [0.2, 0.25) is 0 Å². The molecule has 0 rings (SSSR count). The SMILES string of the molecule is C=CCN(CC=C)C(=O)CN(CCC(=O)O)C(C)C. The maximum Gasteiger partial charge on any atom is 0.304 e. The van der Waals surface area contributed by atoms with Gasteiger partial charge in [0.1, 0.15) is 0 Å². The van der Waals surface area contributed by atoms with Gasteiger partial charge < -0.3 is 10.0 Å². The van der Waals surface area contributed by atoms with Gasteiger partial charge in [-0.05, 0) is 13.8 Å². The highest BCUT2D eigenvalue weighted by molar-refractivity contribution is 5.78. The van der Waals surface area contributed by atoms with E-state index in [1.54, 1.807) is 17.1 Å². The maximum atomic E-state index is 12.1. The van der Waals surface area contributed by atoms with Gasteiger partial charge in [-0.2, -0.15) is 0 Å². The first kappa shape index (κ1) is 17.4. The van der Waals surface area contributed by atoms with Crippen molar-refractivity contribution in [1.29, 1.82) is 0 Å². The summed E-state index contributed by atoms with van der Waals surface area (Å²) in [5.41, 5.74) is 0. The molecule has 0 aliphatic heterocycles. The zero-order valence-electron chi connectivity index (χ0n) is 11.8. The zero-order valence-corrected chi connectivity index (χ0v) is 11.8. The predicted octanol–water partition coefficient (Wildman–Crippen LogP) is 1.37. The summed E-state index contributed by atoms with van der Waals surface area (Å²) in [6.45, 7) is 12.6. The average molecular weight is 268 g/mol. The summed E-state index contributed by atoms with van der Waals surface area (Å²) in [4.78, 5) is 26.2. The van der Waals surface area contributed by atoms with E-state index in [0.717, 1.165) is 0 Å². The van der Waals surface area contributed by atoms with E-state index < -0.39 is 5.97 Å². The van der Waals surface area contributed by atoms with Crippen LogP contribution in [0.4, 0.5) is 0 Å². The van der Waals surface area contributed by atoms with Gasteiger partial charge in [0.05, 0.1) is 13.0 Å². The summed E-state index contributed by atoms with van der Waals surface area (Å²) >= 11 is 0. The van der Waals surface area contributed by atoms with Crippen molar-refractivity contribution >= 4 is 11.9 Å². The zero-order chi connectivity index (χ0) is 14.8. The van der Waals surface area contributed by atoms with E-state index in [9.17, 15) is 9.59 Å². The number of carboxylic acid groups (broad SMARTS) is 1. The smallest absolute Gasteiger partial charge is 0.304 e. The molecule has 0 spiro atoms. The minimum atomic E-state index is -0.855. The topological polar surface area (TPSA) is 60.9 Å². The molecular formula is C14H24N2O3. The number of rotatable bonds is 10. The van der Waals surface area contributed by atoms with Gasteiger partial charge in [0, 0.05) is 25.7 Å². The van der Waals surface area contributed by atoms with Crippen LogP contribution in [0, 0.1) is 0 Å². The lowest BCUT2D eigenvalue weighted by atomic mass is 10.2. The molecule has 0 aromatic carbocycles. The number of aliphatic carboxylic acids is 1. The molecule has 0 aromatic rings. The molecular weight excluding hydrogens is 244 g/mol. The normalized spacial score (nSPS) is 10.5. The lowest BCUT2D eigenvalue weighted by molar-refractivity contribution is -0.138. The average Bonchev–Trinajstić information content (AvgIpc) is 2.33. The fourth-order valence-corrected chi connectivity index (χ4v) is 1.62. The Labute approximate surface area is 115 Å². The summed E-state index contributed by atoms with van der Waals surface area (Å²) in [5.74, 6) is -0.897. The molecule has 0 aliphatic rings. The van der Waals surface area contributed by atoms with Gasteiger partial charge in [0.2, 0.25) is 5.91 Å². The molecule has 0 radical (unpaired) electrons. The van der Waals surface area contributed by atoms with E-state index in [1.165, 1.54) is 0 Å². The first-order valence-electron chi connectivity index (χ1n) is 6.37. The first-order valence-corrected chi connectivity index (χ1v) is 6.37. The van der Waals surface area contributed by atoms with Crippen molar-refractivity contribution in [2.24, 2.45) is 0 Å². The lowest BCUT2D eigenvalue weighted by Gasteiger charge is -2.28. The third kappa shape index (κ3) is 7.41. The van der Waals surface area contributed by atoms with Crippen molar-refractivity contribution in [2.45, 2.75) is 26.3 Å². The van der Waals surface area contributed by atoms with Crippen LogP contribution in [-0.4, -0.2) is 59.0 Å². The van der Waals surface area contributed by atoms with Gasteiger partial charge in [0.15, 0.2) is 0 Å². The van der Waals surface area contributed by atoms with Crippen LogP contribution in [0.5, 0.6) is 0 Å². The van der Waals surface area contributed by atoms with E-state index in [1.807, 2.05) is 18.7 Å². The molecule has 0 unspecified atom stereocenters. The Hall–Kier alpha value is -1.62. The molecule has 5 nitrogen and oxygen atoms in total. The van der Waals surface area contributed by atoms with E-state index in [0.29, 0.717) is 19.6 Å². The van der Waals surface area contributed by atoms with Crippen LogP contribution in [0.25, 0.3) is 0 Å². The summed E-state index contributed by atoms with van der Waals surface area (Å²) < 4.78 is 0. The Kier molecular flexibility index (Phi) is 8.53. The van der Waals surface area contributed by atoms with Gasteiger partial charge in [-0.1, -0.05) is 12.2 Å². The van der Waals surface area contributed by atoms with Crippen LogP contribution in [-0.2, 0) is 9.59 Å². The summed E-state index contributed by atoms with van der Waals surface area (Å²) in [7, 11) is 0. The molecule has 19 heavy (non-hydrogen) atoms. The van der Waals surface area contributed by atoms with Crippen LogP contribution < -0.4 is 0 Å². The van der Waals surface area contributed by atoms with E-state index in [-0.39, 0.29) is 24.9 Å². The number of nitrogens with zero attached hydrogens (tertiary/aromatic N) is 2. The minimum Gasteiger partial charge on any atom is -0.481 e. The second-order valence-electron chi connectivity index (χ2n) is 4.58. The highest BCUT2D eigenvalue weighted by Gasteiger charge is 2.18. The Morgan fingerprint density at radius 1 is 1.21 bits per heavy atom. The van der Waals surface area contributed by atoms with Crippen molar-refractivity contribution in [1.82, 2.24) is 9.80 Å². The molecule has 0 fully saturated rings. The molecule has 0 heterocycles. The molecule has 0 atom stereocenters. The monoisotopic (exact) mass is 268 g/mol. The second kappa shape index (κ2) is 9.33. The van der Waals surface area contributed by atoms with Gasteiger partial charge in [-0.3, -0.25) is 14.5 Å². The first-order chi connectivity index (χ1) is 8.92. The number of hydrogen-bond acceptors (Lipinski definition) is 3. The molecule has 0 aromatic heterocycles. The van der Waals surface area contributed by atoms with Gasteiger partial charge in [0.25, 0.3) is 0 Å². The number of amides is 1. The molecule has 0 saturated heterocycles. The standard InChI is InChI=1S/C14H24N2O3/c1-5-8-15(9-6-2)13(17)11-16(12(3)4)10-7-14(18)19/h5-6,12H,1-2,7-11H2,3-4H3,(H,18,19). The van der Waals surface area contributed by atoms with Gasteiger partial charge in [-0.25, -0.2) is 0 Å². The minimum absolute atomic E-state index is 0.0361. The van der Waals surface area contributed by atoms with Crippen LogP contribution >= 0.6 is 0 Å². The Balaban J connectivity index is 4.53. The van der Waals surface area contributed by atoms with Crippen LogP contribution in [0.1, 0.15) is 20.3 Å². The second-order valence-corrected chi connectivity index (χ2v) is 4.58. The largest absolute Gasteiger partial charge is 0.481 e. The molecule has 108 valence electrons. The number of hydrogen-bond donors (Lipinski definition) is 1. The number of carboxylic acids is 1. The molecule has 0 aliphatic carbocycles. The molecule has 1 amide bonds. The summed E-state index contributed by atoms with van der Waals surface area (Å²) in [5, 5.41) is 8.71. The van der Waals surface area contributed by atoms with Crippen molar-refractivity contribution in [2.75, 3.05) is 26.2 Å².